The molecule has 1 aromatic heterocycles. The number of hydrogen-bond donors (Lipinski definition) is 2. The fourth-order valence-corrected chi connectivity index (χ4v) is 7.54. The number of thioether (sulfide) groups is 1. The highest BCUT2D eigenvalue weighted by Crippen LogP contribution is 2.48. The topological polar surface area (TPSA) is 78.5 Å². The smallest absolute Gasteiger partial charge is 0.272 e. The van der Waals surface area contributed by atoms with Crippen LogP contribution in [0, 0.1) is 0 Å². The lowest BCUT2D eigenvalue weighted by Crippen LogP contribution is -2.35. The predicted molar refractivity (Wildman–Crippen MR) is 185 cm³/mol. The van der Waals surface area contributed by atoms with E-state index in [2.05, 4.69) is 10.6 Å². The molecule has 0 saturated heterocycles. The molecule has 0 fully saturated rings. The summed E-state index contributed by atoms with van der Waals surface area (Å²) in [6.45, 7) is 2.02. The van der Waals surface area contributed by atoms with Crippen molar-refractivity contribution in [2.75, 3.05) is 10.2 Å². The summed E-state index contributed by atoms with van der Waals surface area (Å²) >= 11 is 4.65. The first-order chi connectivity index (χ1) is 22.0. The number of anilines is 3. The molecule has 0 bridgehead atoms. The van der Waals surface area contributed by atoms with Gasteiger partial charge in [0.05, 0.1) is 16.6 Å². The van der Waals surface area contributed by atoms with E-state index in [0.29, 0.717) is 17.7 Å². The first-order valence-corrected chi connectivity index (χ1v) is 17.0. The second-order valence-electron chi connectivity index (χ2n) is 10.1. The quantitative estimate of drug-likeness (QED) is 0.123. The molecular weight excluding hydrogens is 619 g/mol. The summed E-state index contributed by atoms with van der Waals surface area (Å²) in [6, 6.07) is 35.9. The van der Waals surface area contributed by atoms with Crippen LogP contribution in [-0.4, -0.2) is 23.0 Å². The van der Waals surface area contributed by atoms with Gasteiger partial charge in [0.15, 0.2) is 0 Å². The summed E-state index contributed by atoms with van der Waals surface area (Å²) in [5.41, 5.74) is 2.97. The summed E-state index contributed by atoms with van der Waals surface area (Å²) in [4.78, 5) is 46.0. The molecule has 6 nitrogen and oxygen atoms in total. The number of carbonyl (C=O) groups excluding carboxylic acids is 3. The van der Waals surface area contributed by atoms with Gasteiger partial charge in [-0.2, -0.15) is 0 Å². The van der Waals surface area contributed by atoms with Crippen molar-refractivity contribution in [2.24, 2.45) is 0 Å². The second kappa shape index (κ2) is 14.0. The number of benzene rings is 4. The van der Waals surface area contributed by atoms with Gasteiger partial charge in [0.25, 0.3) is 11.8 Å². The van der Waals surface area contributed by atoms with Gasteiger partial charge in [-0.05, 0) is 84.6 Å². The van der Waals surface area contributed by atoms with E-state index >= 15 is 0 Å². The van der Waals surface area contributed by atoms with Crippen LogP contribution in [0.1, 0.15) is 28.6 Å². The minimum Gasteiger partial charge on any atom is -0.321 e. The Hall–Kier alpha value is -4.57. The maximum Gasteiger partial charge on any atom is 0.272 e. The summed E-state index contributed by atoms with van der Waals surface area (Å²) in [5.74, 6) is -0.777. The van der Waals surface area contributed by atoms with Gasteiger partial charge in [-0.15, -0.1) is 23.1 Å². The third-order valence-electron chi connectivity index (χ3n) is 7.05. The zero-order chi connectivity index (χ0) is 31.2. The lowest BCUT2D eigenvalue weighted by atomic mass is 10.2. The Morgan fingerprint density at radius 1 is 0.800 bits per heavy atom. The molecule has 2 N–H and O–H groups in total. The van der Waals surface area contributed by atoms with E-state index in [1.165, 1.54) is 23.1 Å². The first-order valence-electron chi connectivity index (χ1n) is 14.4. The van der Waals surface area contributed by atoms with E-state index in [0.717, 1.165) is 30.9 Å². The van der Waals surface area contributed by atoms with Crippen molar-refractivity contribution in [1.29, 1.82) is 0 Å². The standard InChI is InChI=1S/C36H29N3O3S3/c1-2-31(36(42)39-29-14-6-8-16-32(29)45-33-17-9-7-15-30(33)39)44-26-20-18-25(19-21-26)37-35(41)28(23-27-13-10-22-43-27)38-34(40)24-11-4-3-5-12-24/h3-23,31H,2H2,1H3,(H,37,41)(H,38,40)/b28-23-. The zero-order valence-corrected chi connectivity index (χ0v) is 26.8. The van der Waals surface area contributed by atoms with Crippen molar-refractivity contribution >= 4 is 75.7 Å². The Balaban J connectivity index is 1.17. The third kappa shape index (κ3) is 7.06. The average Bonchev–Trinajstić information content (AvgIpc) is 3.60. The normalized spacial score (nSPS) is 12.9. The number of hydrogen-bond acceptors (Lipinski definition) is 6. The summed E-state index contributed by atoms with van der Waals surface area (Å²) in [7, 11) is 0. The molecule has 0 aliphatic carbocycles. The maximum absolute atomic E-state index is 14.1. The van der Waals surface area contributed by atoms with Gasteiger partial charge >= 0.3 is 0 Å². The van der Waals surface area contributed by atoms with Gasteiger partial charge < -0.3 is 10.6 Å². The Kier molecular flexibility index (Phi) is 9.49. The van der Waals surface area contributed by atoms with E-state index in [1.807, 2.05) is 96.1 Å². The highest BCUT2D eigenvalue weighted by Gasteiger charge is 2.32. The van der Waals surface area contributed by atoms with Crippen LogP contribution in [0.15, 0.2) is 141 Å². The highest BCUT2D eigenvalue weighted by molar-refractivity contribution is 8.00. The number of fused-ring (bicyclic) bond motifs is 2. The molecular formula is C36H29N3O3S3. The first kappa shape index (κ1) is 30.5. The van der Waals surface area contributed by atoms with E-state index < -0.39 is 5.91 Å². The molecule has 45 heavy (non-hydrogen) atoms. The molecule has 6 rings (SSSR count). The molecule has 0 radical (unpaired) electrons. The molecule has 0 saturated carbocycles. The van der Waals surface area contributed by atoms with Crippen molar-refractivity contribution in [3.63, 3.8) is 0 Å². The number of carbonyl (C=O) groups is 3. The molecule has 1 atom stereocenters. The Labute approximate surface area is 274 Å². The maximum atomic E-state index is 14.1. The monoisotopic (exact) mass is 647 g/mol. The lowest BCUT2D eigenvalue weighted by Gasteiger charge is -2.33. The van der Waals surface area contributed by atoms with E-state index in [-0.39, 0.29) is 22.8 Å². The van der Waals surface area contributed by atoms with Crippen LogP contribution >= 0.6 is 34.9 Å². The van der Waals surface area contributed by atoms with Crippen LogP contribution in [0.3, 0.4) is 0 Å². The molecule has 1 aliphatic rings. The summed E-state index contributed by atoms with van der Waals surface area (Å²) < 4.78 is 0. The minimum atomic E-state index is -0.435. The molecule has 4 aromatic carbocycles. The van der Waals surface area contributed by atoms with Gasteiger partial charge in [0.2, 0.25) is 5.91 Å². The number of rotatable bonds is 9. The molecule has 1 unspecified atom stereocenters. The zero-order valence-electron chi connectivity index (χ0n) is 24.3. The minimum absolute atomic E-state index is 0.0255. The van der Waals surface area contributed by atoms with Gasteiger partial charge in [0.1, 0.15) is 5.70 Å². The summed E-state index contributed by atoms with van der Waals surface area (Å²) in [6.07, 6.45) is 2.31. The van der Waals surface area contributed by atoms with Crippen molar-refractivity contribution in [1.82, 2.24) is 5.32 Å². The average molecular weight is 648 g/mol. The third-order valence-corrected chi connectivity index (χ3v) is 10.4. The number of thiophene rings is 1. The molecule has 1 aliphatic heterocycles. The number of para-hydroxylation sites is 2. The second-order valence-corrected chi connectivity index (χ2v) is 13.4. The van der Waals surface area contributed by atoms with Crippen molar-refractivity contribution < 1.29 is 14.4 Å². The molecule has 224 valence electrons. The lowest BCUT2D eigenvalue weighted by molar-refractivity contribution is -0.117. The molecule has 0 spiro atoms. The molecule has 5 aromatic rings. The largest absolute Gasteiger partial charge is 0.321 e. The Morgan fingerprint density at radius 2 is 1.44 bits per heavy atom. The Bertz CT molecular complexity index is 1810. The van der Waals surface area contributed by atoms with Gasteiger partial charge in [-0.25, -0.2) is 0 Å². The molecule has 2 heterocycles. The number of amides is 3. The van der Waals surface area contributed by atoms with Gasteiger partial charge in [0, 0.05) is 30.8 Å². The van der Waals surface area contributed by atoms with Crippen LogP contribution in [0.4, 0.5) is 17.1 Å². The van der Waals surface area contributed by atoms with E-state index in [1.54, 1.807) is 54.2 Å². The van der Waals surface area contributed by atoms with Crippen molar-refractivity contribution in [3.8, 4) is 0 Å². The van der Waals surface area contributed by atoms with Crippen molar-refractivity contribution in [2.45, 2.75) is 33.3 Å². The van der Waals surface area contributed by atoms with Crippen LogP contribution in [0.2, 0.25) is 0 Å². The van der Waals surface area contributed by atoms with E-state index in [4.69, 9.17) is 0 Å². The van der Waals surface area contributed by atoms with Gasteiger partial charge in [-0.3, -0.25) is 19.3 Å². The van der Waals surface area contributed by atoms with Crippen molar-refractivity contribution in [3.05, 3.63) is 137 Å². The van der Waals surface area contributed by atoms with Crippen LogP contribution in [0.25, 0.3) is 6.08 Å². The van der Waals surface area contributed by atoms with Crippen LogP contribution < -0.4 is 15.5 Å². The number of nitrogens with one attached hydrogen (secondary N) is 2. The van der Waals surface area contributed by atoms with Crippen LogP contribution in [0.5, 0.6) is 0 Å². The fraction of sp³-hybridized carbons (Fsp3) is 0.0833. The Morgan fingerprint density at radius 3 is 2.07 bits per heavy atom. The number of nitrogens with zero attached hydrogens (tertiary/aromatic N) is 1. The molecule has 3 amide bonds. The SMILES string of the molecule is CCC(Sc1ccc(NC(=O)/C(=C/c2cccs2)NC(=O)c2ccccc2)cc1)C(=O)N1c2ccccc2Sc2ccccc21. The fourth-order valence-electron chi connectivity index (χ4n) is 4.83. The highest BCUT2D eigenvalue weighted by atomic mass is 32.2. The summed E-state index contributed by atoms with van der Waals surface area (Å²) in [5, 5.41) is 7.25. The predicted octanol–water partition coefficient (Wildman–Crippen LogP) is 8.86. The molecule has 9 heteroatoms. The van der Waals surface area contributed by atoms with Gasteiger partial charge in [-0.1, -0.05) is 67.2 Å². The van der Waals surface area contributed by atoms with Crippen LogP contribution in [-0.2, 0) is 9.59 Å². The van der Waals surface area contributed by atoms with E-state index in [9.17, 15) is 14.4 Å².